The normalized spacial score (nSPS) is 15.8. The fourth-order valence-electron chi connectivity index (χ4n) is 2.99. The van der Waals surface area contributed by atoms with E-state index < -0.39 is 0 Å². The van der Waals surface area contributed by atoms with E-state index in [4.69, 9.17) is 0 Å². The molecule has 1 fully saturated rings. The Morgan fingerprint density at radius 3 is 2.64 bits per heavy atom. The highest BCUT2D eigenvalue weighted by atomic mass is 35.5. The lowest BCUT2D eigenvalue weighted by molar-refractivity contribution is -0.116. The zero-order valence-electron chi connectivity index (χ0n) is 14.3. The van der Waals surface area contributed by atoms with Gasteiger partial charge < -0.3 is 10.6 Å². The summed E-state index contributed by atoms with van der Waals surface area (Å²) in [6.45, 7) is 4.15. The van der Waals surface area contributed by atoms with E-state index in [1.807, 2.05) is 31.2 Å². The van der Waals surface area contributed by atoms with Crippen LogP contribution in [-0.2, 0) is 4.79 Å². The molecule has 136 valence electrons. The molecule has 0 radical (unpaired) electrons. The molecule has 1 unspecified atom stereocenters. The molecule has 4 nitrogen and oxygen atoms in total. The first-order valence-corrected chi connectivity index (χ1v) is 8.24. The molecule has 1 amide bonds. The monoisotopic (exact) mass is 381 g/mol. The number of aryl methyl sites for hydroxylation is 1. The molecule has 25 heavy (non-hydrogen) atoms. The van der Waals surface area contributed by atoms with Gasteiger partial charge in [0.1, 0.15) is 0 Å². The van der Waals surface area contributed by atoms with Gasteiger partial charge in [0.2, 0.25) is 5.91 Å². The molecular weight excluding hydrogens is 357 g/mol. The number of anilines is 1. The van der Waals surface area contributed by atoms with E-state index in [9.17, 15) is 4.79 Å². The van der Waals surface area contributed by atoms with Crippen molar-refractivity contribution in [3.8, 4) is 11.1 Å². The quantitative estimate of drug-likeness (QED) is 0.814. The van der Waals surface area contributed by atoms with Crippen LogP contribution in [0.25, 0.3) is 11.1 Å². The molecule has 0 saturated carbocycles. The summed E-state index contributed by atoms with van der Waals surface area (Å²) in [5.41, 5.74) is 4.17. The van der Waals surface area contributed by atoms with Crippen molar-refractivity contribution in [1.82, 2.24) is 10.3 Å². The molecule has 3 rings (SSSR count). The Kier molecular flexibility index (Phi) is 8.90. The summed E-state index contributed by atoms with van der Waals surface area (Å²) in [5, 5.41) is 6.41. The molecule has 2 aromatic rings. The maximum absolute atomic E-state index is 12.2. The first kappa shape index (κ1) is 21.4. The first-order valence-electron chi connectivity index (χ1n) is 8.24. The van der Waals surface area contributed by atoms with Crippen molar-refractivity contribution >= 4 is 36.4 Å². The van der Waals surface area contributed by atoms with Crippen LogP contribution in [-0.4, -0.2) is 24.0 Å². The Morgan fingerprint density at radius 1 is 1.20 bits per heavy atom. The average molecular weight is 382 g/mol. The van der Waals surface area contributed by atoms with E-state index in [1.165, 1.54) is 6.42 Å². The van der Waals surface area contributed by atoms with Crippen LogP contribution in [0.15, 0.2) is 42.7 Å². The number of carbonyl (C=O) groups is 1. The third-order valence-corrected chi connectivity index (χ3v) is 4.47. The van der Waals surface area contributed by atoms with Crippen molar-refractivity contribution in [2.75, 3.05) is 18.4 Å². The average Bonchev–Trinajstić information content (AvgIpc) is 3.09. The van der Waals surface area contributed by atoms with Gasteiger partial charge in [0.05, 0.1) is 0 Å². The number of nitrogens with zero attached hydrogens (tertiary/aromatic N) is 1. The molecule has 0 bridgehead atoms. The van der Waals surface area contributed by atoms with Crippen LogP contribution < -0.4 is 10.6 Å². The highest BCUT2D eigenvalue weighted by Crippen LogP contribution is 2.25. The molecule has 2 N–H and O–H groups in total. The number of halogens is 2. The number of amides is 1. The SMILES string of the molecule is Cc1ccc(-c2ccncc2)cc1NC(=O)CCC1CCNC1.Cl.Cl. The predicted octanol–water partition coefficient (Wildman–Crippen LogP) is 4.23. The highest BCUT2D eigenvalue weighted by molar-refractivity contribution is 5.92. The Hall–Kier alpha value is -1.62. The Morgan fingerprint density at radius 2 is 1.96 bits per heavy atom. The van der Waals surface area contributed by atoms with Crippen molar-refractivity contribution in [3.63, 3.8) is 0 Å². The summed E-state index contributed by atoms with van der Waals surface area (Å²) in [5.74, 6) is 0.747. The minimum Gasteiger partial charge on any atom is -0.326 e. The van der Waals surface area contributed by atoms with Gasteiger partial charge in [-0.05, 0) is 73.7 Å². The van der Waals surface area contributed by atoms with Crippen LogP contribution in [0.3, 0.4) is 0 Å². The van der Waals surface area contributed by atoms with Gasteiger partial charge in [-0.3, -0.25) is 9.78 Å². The molecular formula is C19H25Cl2N3O. The Balaban J connectivity index is 0.00000156. The molecule has 1 aliphatic heterocycles. The zero-order chi connectivity index (χ0) is 16.1. The van der Waals surface area contributed by atoms with Crippen LogP contribution in [0, 0.1) is 12.8 Å². The molecule has 0 aliphatic carbocycles. The fraction of sp³-hybridized carbons (Fsp3) is 0.368. The molecule has 1 aliphatic rings. The molecule has 1 saturated heterocycles. The predicted molar refractivity (Wildman–Crippen MR) is 108 cm³/mol. The van der Waals surface area contributed by atoms with E-state index >= 15 is 0 Å². The number of hydrogen-bond acceptors (Lipinski definition) is 3. The highest BCUT2D eigenvalue weighted by Gasteiger charge is 2.16. The van der Waals surface area contributed by atoms with E-state index in [2.05, 4.69) is 21.7 Å². The van der Waals surface area contributed by atoms with Crippen molar-refractivity contribution in [1.29, 1.82) is 0 Å². The number of aromatic nitrogens is 1. The fourth-order valence-corrected chi connectivity index (χ4v) is 2.99. The molecule has 2 heterocycles. The van der Waals surface area contributed by atoms with Crippen LogP contribution in [0.4, 0.5) is 5.69 Å². The Bertz CT molecular complexity index is 674. The van der Waals surface area contributed by atoms with Crippen LogP contribution in [0.5, 0.6) is 0 Å². The lowest BCUT2D eigenvalue weighted by Gasteiger charge is -2.12. The smallest absolute Gasteiger partial charge is 0.224 e. The van der Waals surface area contributed by atoms with Gasteiger partial charge in [-0.2, -0.15) is 0 Å². The second-order valence-electron chi connectivity index (χ2n) is 6.21. The minimum atomic E-state index is 0. The molecule has 1 atom stereocenters. The number of nitrogens with one attached hydrogen (secondary N) is 2. The van der Waals surface area contributed by atoms with E-state index in [0.717, 1.165) is 41.9 Å². The number of rotatable bonds is 5. The third-order valence-electron chi connectivity index (χ3n) is 4.47. The molecule has 1 aromatic heterocycles. The molecule has 6 heteroatoms. The summed E-state index contributed by atoms with van der Waals surface area (Å²) in [6, 6.07) is 10.1. The first-order chi connectivity index (χ1) is 11.2. The standard InChI is InChI=1S/C19H23N3O.2ClH/c1-14-2-4-17(16-7-10-20-11-8-16)12-18(14)22-19(23)5-3-15-6-9-21-13-15;;/h2,4,7-8,10-12,15,21H,3,5-6,9,13H2,1H3,(H,22,23);2*1H. The van der Waals surface area contributed by atoms with Gasteiger partial charge in [0.25, 0.3) is 0 Å². The maximum atomic E-state index is 12.2. The van der Waals surface area contributed by atoms with Gasteiger partial charge in [-0.25, -0.2) is 0 Å². The number of hydrogen-bond donors (Lipinski definition) is 2. The van der Waals surface area contributed by atoms with Crippen molar-refractivity contribution in [3.05, 3.63) is 48.3 Å². The summed E-state index contributed by atoms with van der Waals surface area (Å²) in [4.78, 5) is 16.3. The summed E-state index contributed by atoms with van der Waals surface area (Å²) in [7, 11) is 0. The molecule has 0 spiro atoms. The van der Waals surface area contributed by atoms with Gasteiger partial charge in [0.15, 0.2) is 0 Å². The number of pyridine rings is 1. The Labute approximate surface area is 161 Å². The van der Waals surface area contributed by atoms with Gasteiger partial charge in [0, 0.05) is 24.5 Å². The van der Waals surface area contributed by atoms with E-state index in [1.54, 1.807) is 12.4 Å². The summed E-state index contributed by atoms with van der Waals surface area (Å²) in [6.07, 6.45) is 6.29. The minimum absolute atomic E-state index is 0. The van der Waals surface area contributed by atoms with Crippen molar-refractivity contribution in [2.24, 2.45) is 5.92 Å². The topological polar surface area (TPSA) is 54.0 Å². The van der Waals surface area contributed by atoms with Crippen LogP contribution >= 0.6 is 24.8 Å². The second-order valence-corrected chi connectivity index (χ2v) is 6.21. The lowest BCUT2D eigenvalue weighted by atomic mass is 10.0. The molecule has 1 aromatic carbocycles. The zero-order valence-corrected chi connectivity index (χ0v) is 16.0. The lowest BCUT2D eigenvalue weighted by Crippen LogP contribution is -2.15. The number of benzene rings is 1. The maximum Gasteiger partial charge on any atom is 0.224 e. The largest absolute Gasteiger partial charge is 0.326 e. The van der Waals surface area contributed by atoms with E-state index in [-0.39, 0.29) is 30.7 Å². The summed E-state index contributed by atoms with van der Waals surface area (Å²) >= 11 is 0. The van der Waals surface area contributed by atoms with Gasteiger partial charge in [-0.1, -0.05) is 12.1 Å². The number of carbonyl (C=O) groups excluding carboxylic acids is 1. The van der Waals surface area contributed by atoms with Crippen molar-refractivity contribution < 1.29 is 4.79 Å². The van der Waals surface area contributed by atoms with Crippen LogP contribution in [0.2, 0.25) is 0 Å². The van der Waals surface area contributed by atoms with Crippen LogP contribution in [0.1, 0.15) is 24.8 Å². The summed E-state index contributed by atoms with van der Waals surface area (Å²) < 4.78 is 0. The van der Waals surface area contributed by atoms with Gasteiger partial charge in [-0.15, -0.1) is 24.8 Å². The second kappa shape index (κ2) is 10.4. The van der Waals surface area contributed by atoms with Crippen molar-refractivity contribution in [2.45, 2.75) is 26.2 Å². The van der Waals surface area contributed by atoms with E-state index in [0.29, 0.717) is 12.3 Å². The van der Waals surface area contributed by atoms with Gasteiger partial charge >= 0.3 is 0 Å². The third kappa shape index (κ3) is 5.99.